The van der Waals surface area contributed by atoms with Gasteiger partial charge < -0.3 is 0 Å². The van der Waals surface area contributed by atoms with Gasteiger partial charge in [0.1, 0.15) is 0 Å². The molecular weight excluding hydrogens is 290 g/mol. The zero-order valence-corrected chi connectivity index (χ0v) is 16.1. The quantitative estimate of drug-likeness (QED) is 0.231. The molecule has 1 heterocycles. The van der Waals surface area contributed by atoms with Crippen molar-refractivity contribution in [3.8, 4) is 12.0 Å². The molecule has 1 aromatic heterocycles. The molecule has 1 heteroatoms. The first-order valence-electron chi connectivity index (χ1n) is 10.6. The number of rotatable bonds is 15. The first-order valence-corrected chi connectivity index (χ1v) is 10.6. The lowest BCUT2D eigenvalue weighted by molar-refractivity contribution is 0.533. The predicted octanol–water partition coefficient (Wildman–Crippen LogP) is 7.56. The van der Waals surface area contributed by atoms with Gasteiger partial charge in [-0.15, -0.1) is 0 Å². The van der Waals surface area contributed by atoms with Crippen LogP contribution in [0.4, 0.5) is 0 Å². The number of nitrogens with zero attached hydrogens (tertiary/aromatic N) is 1. The summed E-state index contributed by atoms with van der Waals surface area (Å²) in [7, 11) is 0. The van der Waals surface area contributed by atoms with Crippen molar-refractivity contribution in [1.82, 2.24) is 4.57 Å². The molecule has 0 spiro atoms. The van der Waals surface area contributed by atoms with Gasteiger partial charge in [-0.25, -0.2) is 0 Å². The van der Waals surface area contributed by atoms with Crippen molar-refractivity contribution in [3.05, 3.63) is 24.5 Å². The molecular formula is C23H39N. The molecule has 0 unspecified atom stereocenters. The Hall–Kier alpha value is -1.16. The van der Waals surface area contributed by atoms with Gasteiger partial charge >= 0.3 is 0 Å². The Balaban J connectivity index is 1.72. The molecule has 0 N–H and O–H groups in total. The van der Waals surface area contributed by atoms with Gasteiger partial charge in [-0.3, -0.25) is 4.57 Å². The summed E-state index contributed by atoms with van der Waals surface area (Å²) in [5, 5.41) is 0. The maximum absolute atomic E-state index is 3.25. The normalized spacial score (nSPS) is 10.5. The zero-order chi connectivity index (χ0) is 17.1. The number of hydrogen-bond donors (Lipinski definition) is 0. The second kappa shape index (κ2) is 16.7. The van der Waals surface area contributed by atoms with Crippen molar-refractivity contribution in [1.29, 1.82) is 0 Å². The highest BCUT2D eigenvalue weighted by Gasteiger charge is 1.94. The van der Waals surface area contributed by atoms with E-state index in [0.29, 0.717) is 0 Å². The average molecular weight is 330 g/mol. The van der Waals surface area contributed by atoms with Crippen LogP contribution in [0.25, 0.3) is 0 Å². The van der Waals surface area contributed by atoms with Gasteiger partial charge in [0.25, 0.3) is 0 Å². The van der Waals surface area contributed by atoms with Crippen molar-refractivity contribution >= 4 is 0 Å². The van der Waals surface area contributed by atoms with Gasteiger partial charge in [0, 0.05) is 24.9 Å². The summed E-state index contributed by atoms with van der Waals surface area (Å²) in [6, 6.07) is 7.17. The lowest BCUT2D eigenvalue weighted by Gasteiger charge is -2.03. The minimum absolute atomic E-state index is 1.04. The summed E-state index contributed by atoms with van der Waals surface area (Å²) < 4.78 is 1.94. The maximum atomic E-state index is 3.25. The van der Waals surface area contributed by atoms with E-state index in [1.165, 1.54) is 96.3 Å². The smallest absolute Gasteiger partial charge is 0.0177 e. The minimum atomic E-state index is 1.04. The van der Waals surface area contributed by atoms with Gasteiger partial charge in [-0.2, -0.15) is 0 Å². The molecule has 136 valence electrons. The molecule has 0 saturated heterocycles. The van der Waals surface area contributed by atoms with Gasteiger partial charge in [-0.05, 0) is 18.6 Å². The molecule has 0 amide bonds. The molecule has 0 radical (unpaired) electrons. The fourth-order valence-corrected chi connectivity index (χ4v) is 3.14. The van der Waals surface area contributed by atoms with Crippen LogP contribution in [0.1, 0.15) is 110 Å². The summed E-state index contributed by atoms with van der Waals surface area (Å²) >= 11 is 0. The summed E-state index contributed by atoms with van der Waals surface area (Å²) in [5.41, 5.74) is 0. The highest BCUT2D eigenvalue weighted by Crippen LogP contribution is 2.13. The first-order chi connectivity index (χ1) is 11.9. The Bertz CT molecular complexity index is 407. The van der Waals surface area contributed by atoms with E-state index in [0.717, 1.165) is 6.42 Å². The van der Waals surface area contributed by atoms with Crippen LogP contribution in [0.3, 0.4) is 0 Å². The van der Waals surface area contributed by atoms with E-state index in [1.807, 2.05) is 29.1 Å². The Morgan fingerprint density at radius 3 is 1.46 bits per heavy atom. The maximum Gasteiger partial charge on any atom is 0.0177 e. The van der Waals surface area contributed by atoms with Crippen molar-refractivity contribution in [2.45, 2.75) is 110 Å². The van der Waals surface area contributed by atoms with Crippen molar-refractivity contribution in [2.75, 3.05) is 0 Å². The van der Waals surface area contributed by atoms with Gasteiger partial charge in [-0.1, -0.05) is 103 Å². The van der Waals surface area contributed by atoms with Crippen LogP contribution in [-0.2, 0) is 0 Å². The first kappa shape index (κ1) is 20.9. The van der Waals surface area contributed by atoms with Crippen LogP contribution in [0.2, 0.25) is 0 Å². The second-order valence-corrected chi connectivity index (χ2v) is 7.08. The average Bonchev–Trinajstić information content (AvgIpc) is 3.11. The van der Waals surface area contributed by atoms with Crippen LogP contribution in [0.15, 0.2) is 24.5 Å². The van der Waals surface area contributed by atoms with Crippen LogP contribution in [-0.4, -0.2) is 4.57 Å². The third-order valence-electron chi connectivity index (χ3n) is 4.72. The third-order valence-corrected chi connectivity index (χ3v) is 4.72. The summed E-state index contributed by atoms with van der Waals surface area (Å²) in [6.07, 6.45) is 26.4. The Morgan fingerprint density at radius 2 is 1.00 bits per heavy atom. The van der Waals surface area contributed by atoms with Gasteiger partial charge in [0.15, 0.2) is 0 Å². The molecule has 0 aromatic carbocycles. The summed E-state index contributed by atoms with van der Waals surface area (Å²) in [6.45, 7) is 2.29. The zero-order valence-electron chi connectivity index (χ0n) is 16.1. The Kier molecular flexibility index (Phi) is 14.5. The van der Waals surface area contributed by atoms with Crippen LogP contribution >= 0.6 is 0 Å². The lowest BCUT2D eigenvalue weighted by Crippen LogP contribution is -1.84. The van der Waals surface area contributed by atoms with E-state index in [-0.39, 0.29) is 0 Å². The van der Waals surface area contributed by atoms with E-state index < -0.39 is 0 Å². The van der Waals surface area contributed by atoms with Crippen LogP contribution in [0.5, 0.6) is 0 Å². The number of aromatic nitrogens is 1. The van der Waals surface area contributed by atoms with E-state index in [9.17, 15) is 0 Å². The largest absolute Gasteiger partial charge is 0.284 e. The predicted molar refractivity (Wildman–Crippen MR) is 107 cm³/mol. The standard InChI is InChI=1S/C23H39N/c1-2-3-4-5-6-7-8-9-10-11-12-13-14-15-16-17-18-21-24-22-19-20-23-24/h19-20,22-23H,2-17H2,1H3. The molecule has 0 atom stereocenters. The third kappa shape index (κ3) is 13.3. The molecule has 0 fully saturated rings. The molecule has 1 nitrogen and oxygen atoms in total. The lowest BCUT2D eigenvalue weighted by atomic mass is 10.0. The molecule has 0 saturated carbocycles. The van der Waals surface area contributed by atoms with E-state index in [1.54, 1.807) is 0 Å². The van der Waals surface area contributed by atoms with Gasteiger partial charge in [0.05, 0.1) is 0 Å². The summed E-state index contributed by atoms with van der Waals surface area (Å²) in [4.78, 5) is 0. The fourth-order valence-electron chi connectivity index (χ4n) is 3.14. The number of hydrogen-bond acceptors (Lipinski definition) is 0. The van der Waals surface area contributed by atoms with Crippen LogP contribution in [0, 0.1) is 12.0 Å². The molecule has 1 aromatic rings. The molecule has 1 rings (SSSR count). The number of unbranched alkanes of at least 4 members (excludes halogenated alkanes) is 15. The molecule has 0 aliphatic carbocycles. The minimum Gasteiger partial charge on any atom is -0.284 e. The van der Waals surface area contributed by atoms with Crippen molar-refractivity contribution < 1.29 is 0 Å². The monoisotopic (exact) mass is 329 g/mol. The van der Waals surface area contributed by atoms with E-state index >= 15 is 0 Å². The second-order valence-electron chi connectivity index (χ2n) is 7.08. The van der Waals surface area contributed by atoms with Crippen molar-refractivity contribution in [2.24, 2.45) is 0 Å². The van der Waals surface area contributed by atoms with E-state index in [2.05, 4.69) is 18.9 Å². The summed E-state index contributed by atoms with van der Waals surface area (Å²) in [5.74, 6) is 3.25. The topological polar surface area (TPSA) is 4.93 Å². The SMILES string of the molecule is CCCCCCCCCCCCCCCCCC#Cn1cccc1. The molecule has 0 aliphatic heterocycles. The van der Waals surface area contributed by atoms with Crippen molar-refractivity contribution in [3.63, 3.8) is 0 Å². The molecule has 0 aliphatic rings. The molecule has 0 bridgehead atoms. The van der Waals surface area contributed by atoms with E-state index in [4.69, 9.17) is 0 Å². The van der Waals surface area contributed by atoms with Crippen LogP contribution < -0.4 is 0 Å². The Morgan fingerprint density at radius 1 is 0.583 bits per heavy atom. The Labute approximate surface area is 151 Å². The highest BCUT2D eigenvalue weighted by atomic mass is 14.9. The molecule has 24 heavy (non-hydrogen) atoms. The fraction of sp³-hybridized carbons (Fsp3) is 0.739. The van der Waals surface area contributed by atoms with Gasteiger partial charge in [0.2, 0.25) is 0 Å². The highest BCUT2D eigenvalue weighted by molar-refractivity contribution is 5.06.